The Morgan fingerprint density at radius 1 is 1.20 bits per heavy atom. The number of halogens is 1. The SMILES string of the molecule is CCn1cc(CC(=O)C(F)Cc2cnn(-c3ccccc3)c2C2CC2)c(C(=O)O)c1. The Bertz CT molecular complexity index is 1070. The number of aromatic carboxylic acids is 1. The fourth-order valence-electron chi connectivity index (χ4n) is 3.79. The summed E-state index contributed by atoms with van der Waals surface area (Å²) in [5.74, 6) is -1.39. The van der Waals surface area contributed by atoms with Gasteiger partial charge >= 0.3 is 5.97 Å². The Morgan fingerprint density at radius 2 is 1.93 bits per heavy atom. The van der Waals surface area contributed by atoms with Crippen molar-refractivity contribution in [2.75, 3.05) is 0 Å². The fourth-order valence-corrected chi connectivity index (χ4v) is 3.79. The highest BCUT2D eigenvalue weighted by Crippen LogP contribution is 2.42. The molecule has 0 aliphatic heterocycles. The van der Waals surface area contributed by atoms with Crippen LogP contribution in [0.1, 0.15) is 52.9 Å². The van der Waals surface area contributed by atoms with Crippen molar-refractivity contribution in [2.24, 2.45) is 0 Å². The largest absolute Gasteiger partial charge is 0.478 e. The van der Waals surface area contributed by atoms with Crippen LogP contribution < -0.4 is 0 Å². The molecule has 1 saturated carbocycles. The lowest BCUT2D eigenvalue weighted by Crippen LogP contribution is -2.21. The lowest BCUT2D eigenvalue weighted by Gasteiger charge is -2.11. The highest BCUT2D eigenvalue weighted by Gasteiger charge is 2.32. The summed E-state index contributed by atoms with van der Waals surface area (Å²) in [6, 6.07) is 9.69. The Balaban J connectivity index is 1.53. The van der Waals surface area contributed by atoms with Crippen molar-refractivity contribution in [3.05, 3.63) is 71.3 Å². The van der Waals surface area contributed by atoms with E-state index in [1.807, 2.05) is 41.9 Å². The second-order valence-electron chi connectivity index (χ2n) is 7.72. The van der Waals surface area contributed by atoms with E-state index < -0.39 is 17.9 Å². The molecular formula is C23H24FN3O3. The predicted octanol–water partition coefficient (Wildman–Crippen LogP) is 3.96. The van der Waals surface area contributed by atoms with Gasteiger partial charge in [-0.05, 0) is 43.0 Å². The topological polar surface area (TPSA) is 77.1 Å². The number of Topliss-reactive ketones (excluding diaryl/α,β-unsaturated/α-hetero) is 1. The van der Waals surface area contributed by atoms with E-state index in [4.69, 9.17) is 0 Å². The maximum atomic E-state index is 14.9. The van der Waals surface area contributed by atoms with Crippen molar-refractivity contribution in [3.8, 4) is 5.69 Å². The number of benzene rings is 1. The van der Waals surface area contributed by atoms with Crippen LogP contribution in [0.5, 0.6) is 0 Å². The first-order valence-electron chi connectivity index (χ1n) is 10.2. The number of aromatic nitrogens is 3. The number of rotatable bonds is 9. The first-order valence-corrected chi connectivity index (χ1v) is 10.2. The van der Waals surface area contributed by atoms with Crippen LogP contribution in [0.25, 0.3) is 5.69 Å². The molecule has 0 amide bonds. The van der Waals surface area contributed by atoms with Crippen LogP contribution in [-0.2, 0) is 24.2 Å². The number of carbonyl (C=O) groups excluding carboxylic acids is 1. The number of hydrogen-bond acceptors (Lipinski definition) is 3. The summed E-state index contributed by atoms with van der Waals surface area (Å²) in [6.45, 7) is 2.45. The molecule has 7 heteroatoms. The number of aryl methyl sites for hydroxylation is 1. The van der Waals surface area contributed by atoms with E-state index in [-0.39, 0.29) is 18.4 Å². The van der Waals surface area contributed by atoms with E-state index in [2.05, 4.69) is 5.10 Å². The molecule has 1 atom stereocenters. The minimum Gasteiger partial charge on any atom is -0.478 e. The van der Waals surface area contributed by atoms with Gasteiger partial charge in [-0.1, -0.05) is 18.2 Å². The molecule has 1 aromatic carbocycles. The number of carbonyl (C=O) groups is 2. The standard InChI is InChI=1S/C23H24FN3O3/c1-2-26-13-17(19(14-26)23(29)30)11-21(28)20(24)10-16-12-25-27(22(16)15-8-9-15)18-6-4-3-5-7-18/h3-7,12-15,20H,2,8-11H2,1H3,(H,29,30). The molecule has 2 heterocycles. The summed E-state index contributed by atoms with van der Waals surface area (Å²) >= 11 is 0. The number of alkyl halides is 1. The van der Waals surface area contributed by atoms with E-state index in [0.29, 0.717) is 18.0 Å². The maximum Gasteiger partial charge on any atom is 0.337 e. The van der Waals surface area contributed by atoms with Crippen molar-refractivity contribution in [1.29, 1.82) is 0 Å². The Kier molecular flexibility index (Phi) is 5.53. The van der Waals surface area contributed by atoms with E-state index in [1.54, 1.807) is 17.0 Å². The van der Waals surface area contributed by atoms with E-state index >= 15 is 0 Å². The number of carboxylic acid groups (broad SMARTS) is 1. The normalized spacial score (nSPS) is 14.6. The lowest BCUT2D eigenvalue weighted by molar-refractivity contribution is -0.123. The van der Waals surface area contributed by atoms with Crippen LogP contribution in [0.4, 0.5) is 4.39 Å². The van der Waals surface area contributed by atoms with Gasteiger partial charge in [-0.15, -0.1) is 0 Å². The second kappa shape index (κ2) is 8.26. The van der Waals surface area contributed by atoms with Gasteiger partial charge < -0.3 is 9.67 Å². The van der Waals surface area contributed by atoms with Gasteiger partial charge in [0.15, 0.2) is 12.0 Å². The molecule has 1 aliphatic carbocycles. The predicted molar refractivity (Wildman–Crippen MR) is 110 cm³/mol. The zero-order chi connectivity index (χ0) is 21.3. The minimum absolute atomic E-state index is 0.0472. The third kappa shape index (κ3) is 4.06. The number of hydrogen-bond donors (Lipinski definition) is 1. The average molecular weight is 409 g/mol. The first-order chi connectivity index (χ1) is 14.5. The summed E-state index contributed by atoms with van der Waals surface area (Å²) in [5.41, 5.74) is 3.03. The maximum absolute atomic E-state index is 14.9. The molecule has 2 aromatic heterocycles. The van der Waals surface area contributed by atoms with Gasteiger partial charge in [-0.3, -0.25) is 4.79 Å². The van der Waals surface area contributed by atoms with E-state index in [1.165, 1.54) is 6.20 Å². The number of ketones is 1. The quantitative estimate of drug-likeness (QED) is 0.580. The van der Waals surface area contributed by atoms with Gasteiger partial charge in [0.1, 0.15) is 0 Å². The molecule has 1 unspecified atom stereocenters. The molecule has 3 aromatic rings. The Hall–Kier alpha value is -3.22. The molecule has 156 valence electrons. The summed E-state index contributed by atoms with van der Waals surface area (Å²) in [6.07, 6.45) is 4.81. The fraction of sp³-hybridized carbons (Fsp3) is 0.348. The second-order valence-corrected chi connectivity index (χ2v) is 7.72. The van der Waals surface area contributed by atoms with Gasteiger partial charge in [-0.2, -0.15) is 5.10 Å². The summed E-state index contributed by atoms with van der Waals surface area (Å²) < 4.78 is 18.5. The smallest absolute Gasteiger partial charge is 0.337 e. The van der Waals surface area contributed by atoms with Gasteiger partial charge in [-0.25, -0.2) is 13.9 Å². The van der Waals surface area contributed by atoms with Gasteiger partial charge in [0, 0.05) is 37.7 Å². The molecule has 1 fully saturated rings. The van der Waals surface area contributed by atoms with Crippen LogP contribution in [0.2, 0.25) is 0 Å². The third-order valence-corrected chi connectivity index (χ3v) is 5.52. The van der Waals surface area contributed by atoms with Crippen molar-refractivity contribution in [1.82, 2.24) is 14.3 Å². The molecule has 0 spiro atoms. The molecule has 0 saturated heterocycles. The summed E-state index contributed by atoms with van der Waals surface area (Å²) in [7, 11) is 0. The van der Waals surface area contributed by atoms with Gasteiger partial charge in [0.05, 0.1) is 23.1 Å². The van der Waals surface area contributed by atoms with Crippen LogP contribution in [0.3, 0.4) is 0 Å². The molecule has 30 heavy (non-hydrogen) atoms. The highest BCUT2D eigenvalue weighted by molar-refractivity contribution is 5.93. The zero-order valence-corrected chi connectivity index (χ0v) is 16.8. The average Bonchev–Trinajstić information content (AvgIpc) is 3.36. The van der Waals surface area contributed by atoms with Crippen LogP contribution in [0.15, 0.2) is 48.9 Å². The highest BCUT2D eigenvalue weighted by atomic mass is 19.1. The molecule has 0 bridgehead atoms. The zero-order valence-electron chi connectivity index (χ0n) is 16.8. The van der Waals surface area contributed by atoms with Crippen molar-refractivity contribution in [2.45, 2.75) is 51.2 Å². The molecule has 4 rings (SSSR count). The summed E-state index contributed by atoms with van der Waals surface area (Å²) in [5, 5.41) is 13.8. The van der Waals surface area contributed by atoms with Crippen molar-refractivity contribution >= 4 is 11.8 Å². The Labute approximate surface area is 173 Å². The number of carboxylic acids is 1. The monoisotopic (exact) mass is 409 g/mol. The van der Waals surface area contributed by atoms with E-state index in [9.17, 15) is 19.1 Å². The molecular weight excluding hydrogens is 385 g/mol. The molecule has 1 aliphatic rings. The third-order valence-electron chi connectivity index (χ3n) is 5.52. The van der Waals surface area contributed by atoms with E-state index in [0.717, 1.165) is 29.8 Å². The molecule has 6 nitrogen and oxygen atoms in total. The number of para-hydroxylation sites is 1. The number of nitrogens with zero attached hydrogens (tertiary/aromatic N) is 3. The minimum atomic E-state index is -1.71. The molecule has 1 N–H and O–H groups in total. The van der Waals surface area contributed by atoms with Crippen LogP contribution in [-0.4, -0.2) is 37.4 Å². The lowest BCUT2D eigenvalue weighted by atomic mass is 9.99. The first kappa shape index (κ1) is 20.1. The van der Waals surface area contributed by atoms with Crippen molar-refractivity contribution < 1.29 is 19.1 Å². The van der Waals surface area contributed by atoms with Gasteiger partial charge in [0.25, 0.3) is 0 Å². The molecule has 0 radical (unpaired) electrons. The van der Waals surface area contributed by atoms with Crippen LogP contribution >= 0.6 is 0 Å². The van der Waals surface area contributed by atoms with Crippen molar-refractivity contribution in [3.63, 3.8) is 0 Å². The Morgan fingerprint density at radius 3 is 2.57 bits per heavy atom. The van der Waals surface area contributed by atoms with Crippen LogP contribution in [0, 0.1) is 0 Å². The summed E-state index contributed by atoms with van der Waals surface area (Å²) in [4.78, 5) is 24.0. The van der Waals surface area contributed by atoms with Gasteiger partial charge in [0.2, 0.25) is 0 Å².